The molecule has 1 heterocycles. The summed E-state index contributed by atoms with van der Waals surface area (Å²) < 4.78 is 25.1. The maximum absolute atomic E-state index is 12.4. The van der Waals surface area contributed by atoms with Gasteiger partial charge in [0.2, 0.25) is 0 Å². The van der Waals surface area contributed by atoms with Gasteiger partial charge in [0.25, 0.3) is 6.43 Å². The van der Waals surface area contributed by atoms with Gasteiger partial charge in [0.1, 0.15) is 3.70 Å². The van der Waals surface area contributed by atoms with Gasteiger partial charge in [-0.2, -0.15) is 0 Å². The monoisotopic (exact) mass is 297 g/mol. The molecule has 2 nitrogen and oxygen atoms in total. The summed E-state index contributed by atoms with van der Waals surface area (Å²) in [5.74, 6) is 0. The first kappa shape index (κ1) is 10.5. The average molecular weight is 297 g/mol. The zero-order chi connectivity index (χ0) is 10.0. The molecule has 0 aromatic carbocycles. The van der Waals surface area contributed by atoms with Gasteiger partial charge < -0.3 is 0 Å². The van der Waals surface area contributed by atoms with Gasteiger partial charge in [0.15, 0.2) is 6.29 Å². The number of pyridine rings is 1. The highest BCUT2D eigenvalue weighted by atomic mass is 127. The van der Waals surface area contributed by atoms with Crippen molar-refractivity contribution in [2.45, 2.75) is 13.3 Å². The quantitative estimate of drug-likeness (QED) is 0.477. The number of carbonyl (C=O) groups is 1. The van der Waals surface area contributed by atoms with E-state index in [0.29, 0.717) is 11.8 Å². The van der Waals surface area contributed by atoms with Crippen LogP contribution in [0.15, 0.2) is 6.20 Å². The Morgan fingerprint density at radius 2 is 2.23 bits per heavy atom. The van der Waals surface area contributed by atoms with Crippen LogP contribution < -0.4 is 0 Å². The van der Waals surface area contributed by atoms with Crippen LogP contribution in [0.3, 0.4) is 0 Å². The van der Waals surface area contributed by atoms with E-state index in [2.05, 4.69) is 4.98 Å². The van der Waals surface area contributed by atoms with Crippen LogP contribution in [-0.4, -0.2) is 11.3 Å². The number of rotatable bonds is 2. The zero-order valence-electron chi connectivity index (χ0n) is 6.72. The number of carbonyl (C=O) groups excluding carboxylic acids is 1. The first-order chi connectivity index (χ1) is 6.07. The number of nitrogens with zero attached hydrogens (tertiary/aromatic N) is 1. The molecule has 0 fully saturated rings. The van der Waals surface area contributed by atoms with Crippen LogP contribution in [-0.2, 0) is 0 Å². The summed E-state index contributed by atoms with van der Waals surface area (Å²) >= 11 is 1.73. The minimum atomic E-state index is -2.58. The van der Waals surface area contributed by atoms with Crippen molar-refractivity contribution in [3.63, 3.8) is 0 Å². The smallest absolute Gasteiger partial charge is 0.266 e. The molecule has 13 heavy (non-hydrogen) atoms. The van der Waals surface area contributed by atoms with Crippen LogP contribution >= 0.6 is 22.6 Å². The highest BCUT2D eigenvalue weighted by Crippen LogP contribution is 2.27. The lowest BCUT2D eigenvalue weighted by Crippen LogP contribution is -2.01. The van der Waals surface area contributed by atoms with Crippen molar-refractivity contribution >= 4 is 28.9 Å². The highest BCUT2D eigenvalue weighted by Gasteiger charge is 2.17. The van der Waals surface area contributed by atoms with Crippen LogP contribution in [0.25, 0.3) is 0 Å². The molecule has 0 spiro atoms. The Hall–Kier alpha value is -0.590. The van der Waals surface area contributed by atoms with E-state index < -0.39 is 6.43 Å². The van der Waals surface area contributed by atoms with Gasteiger partial charge in [-0.1, -0.05) is 0 Å². The van der Waals surface area contributed by atoms with Crippen molar-refractivity contribution < 1.29 is 13.6 Å². The Labute approximate surface area is 87.5 Å². The number of hydrogen-bond acceptors (Lipinski definition) is 2. The topological polar surface area (TPSA) is 30.0 Å². The molecule has 0 saturated heterocycles. The van der Waals surface area contributed by atoms with Gasteiger partial charge in [-0.3, -0.25) is 4.79 Å². The molecule has 1 aromatic heterocycles. The Kier molecular flexibility index (Phi) is 3.29. The van der Waals surface area contributed by atoms with Crippen molar-refractivity contribution in [3.05, 3.63) is 26.6 Å². The fourth-order valence-corrected chi connectivity index (χ4v) is 1.75. The molecule has 0 aliphatic carbocycles. The molecule has 70 valence electrons. The van der Waals surface area contributed by atoms with Gasteiger partial charge in [0, 0.05) is 11.8 Å². The Balaban J connectivity index is 3.38. The average Bonchev–Trinajstić information content (AvgIpc) is 2.04. The highest BCUT2D eigenvalue weighted by molar-refractivity contribution is 14.1. The molecular weight excluding hydrogens is 291 g/mol. The SMILES string of the molecule is Cc1c(C=O)cnc(I)c1C(F)F. The van der Waals surface area contributed by atoms with Crippen LogP contribution in [0.4, 0.5) is 8.78 Å². The van der Waals surface area contributed by atoms with Crippen LogP contribution in [0.2, 0.25) is 0 Å². The van der Waals surface area contributed by atoms with Crippen molar-refractivity contribution in [2.24, 2.45) is 0 Å². The third kappa shape index (κ3) is 2.01. The van der Waals surface area contributed by atoms with Crippen LogP contribution in [0.5, 0.6) is 0 Å². The van der Waals surface area contributed by atoms with E-state index in [-0.39, 0.29) is 14.8 Å². The number of aromatic nitrogens is 1. The summed E-state index contributed by atoms with van der Waals surface area (Å²) in [4.78, 5) is 14.1. The summed E-state index contributed by atoms with van der Waals surface area (Å²) in [6, 6.07) is 0. The largest absolute Gasteiger partial charge is 0.298 e. The predicted octanol–water partition coefficient (Wildman–Crippen LogP) is 2.74. The molecule has 0 unspecified atom stereocenters. The Morgan fingerprint density at radius 3 is 2.69 bits per heavy atom. The van der Waals surface area contributed by atoms with Crippen molar-refractivity contribution in [1.29, 1.82) is 0 Å². The normalized spacial score (nSPS) is 10.5. The predicted molar refractivity (Wildman–Crippen MR) is 52.0 cm³/mol. The first-order valence-corrected chi connectivity index (χ1v) is 4.54. The molecule has 0 N–H and O–H groups in total. The number of halogens is 3. The molecule has 0 atom stereocenters. The second-order valence-electron chi connectivity index (χ2n) is 2.46. The lowest BCUT2D eigenvalue weighted by Gasteiger charge is -2.07. The van der Waals surface area contributed by atoms with Crippen LogP contribution in [0, 0.1) is 10.6 Å². The second-order valence-corrected chi connectivity index (χ2v) is 3.48. The molecule has 5 heteroatoms. The summed E-state index contributed by atoms with van der Waals surface area (Å²) in [7, 11) is 0. The van der Waals surface area contributed by atoms with Gasteiger partial charge in [-0.25, -0.2) is 13.8 Å². The van der Waals surface area contributed by atoms with E-state index in [4.69, 9.17) is 0 Å². The standard InChI is InChI=1S/C8H6F2INO/c1-4-5(3-13)2-12-8(11)6(4)7(9)10/h2-3,7H,1H3. The maximum Gasteiger partial charge on any atom is 0.266 e. The third-order valence-electron chi connectivity index (χ3n) is 1.72. The number of aldehydes is 1. The molecular formula is C8H6F2INO. The lowest BCUT2D eigenvalue weighted by atomic mass is 10.1. The molecule has 0 bridgehead atoms. The number of hydrogen-bond donors (Lipinski definition) is 0. The summed E-state index contributed by atoms with van der Waals surface area (Å²) in [5, 5.41) is 0. The minimum absolute atomic E-state index is 0.148. The van der Waals surface area contributed by atoms with Gasteiger partial charge >= 0.3 is 0 Å². The molecule has 1 rings (SSSR count). The van der Waals surface area contributed by atoms with Crippen molar-refractivity contribution in [1.82, 2.24) is 4.98 Å². The summed E-state index contributed by atoms with van der Waals surface area (Å²) in [6.45, 7) is 1.50. The van der Waals surface area contributed by atoms with Gasteiger partial charge in [-0.15, -0.1) is 0 Å². The van der Waals surface area contributed by atoms with E-state index in [0.717, 1.165) is 0 Å². The summed E-state index contributed by atoms with van der Waals surface area (Å²) in [6.07, 6.45) is -0.750. The minimum Gasteiger partial charge on any atom is -0.298 e. The molecule has 0 aliphatic rings. The van der Waals surface area contributed by atoms with E-state index >= 15 is 0 Å². The maximum atomic E-state index is 12.4. The lowest BCUT2D eigenvalue weighted by molar-refractivity contribution is 0.112. The van der Waals surface area contributed by atoms with Crippen molar-refractivity contribution in [2.75, 3.05) is 0 Å². The van der Waals surface area contributed by atoms with E-state index in [1.165, 1.54) is 13.1 Å². The van der Waals surface area contributed by atoms with E-state index in [1.807, 2.05) is 0 Å². The van der Waals surface area contributed by atoms with Gasteiger partial charge in [0.05, 0.1) is 5.56 Å². The van der Waals surface area contributed by atoms with E-state index in [9.17, 15) is 13.6 Å². The second kappa shape index (κ2) is 4.08. The molecule has 1 aromatic rings. The Bertz CT molecular complexity index is 341. The zero-order valence-corrected chi connectivity index (χ0v) is 8.88. The third-order valence-corrected chi connectivity index (χ3v) is 2.58. The molecule has 0 radical (unpaired) electrons. The van der Waals surface area contributed by atoms with Gasteiger partial charge in [-0.05, 0) is 35.1 Å². The molecule has 0 amide bonds. The fraction of sp³-hybridized carbons (Fsp3) is 0.250. The summed E-state index contributed by atoms with van der Waals surface area (Å²) in [5.41, 5.74) is 0.380. The Morgan fingerprint density at radius 1 is 1.62 bits per heavy atom. The van der Waals surface area contributed by atoms with Crippen LogP contribution in [0.1, 0.15) is 27.9 Å². The molecule has 0 saturated carbocycles. The number of alkyl halides is 2. The molecule has 0 aliphatic heterocycles. The van der Waals surface area contributed by atoms with E-state index in [1.54, 1.807) is 22.6 Å². The van der Waals surface area contributed by atoms with Crippen molar-refractivity contribution in [3.8, 4) is 0 Å². The first-order valence-electron chi connectivity index (χ1n) is 3.46. The fourth-order valence-electron chi connectivity index (χ4n) is 0.975.